The third-order valence-corrected chi connectivity index (χ3v) is 8.38. The van der Waals surface area contributed by atoms with Crippen molar-refractivity contribution in [3.05, 3.63) is 72.1 Å². The second kappa shape index (κ2) is 21.0. The molecule has 4 N–H and O–H groups in total. The molecule has 4 aromatic rings. The van der Waals surface area contributed by atoms with Crippen molar-refractivity contribution in [1.82, 2.24) is 30.4 Å². The van der Waals surface area contributed by atoms with Gasteiger partial charge in [-0.3, -0.25) is 19.2 Å². The Labute approximate surface area is 311 Å². The molecule has 0 saturated carbocycles. The maximum absolute atomic E-state index is 12.7. The molecular weight excluding hydrogens is 672 g/mol. The minimum absolute atomic E-state index is 0.0708. The van der Waals surface area contributed by atoms with Crippen molar-refractivity contribution in [3.8, 4) is 12.1 Å². The summed E-state index contributed by atoms with van der Waals surface area (Å²) in [7, 11) is 1.66. The van der Waals surface area contributed by atoms with E-state index in [0.29, 0.717) is 36.5 Å². The van der Waals surface area contributed by atoms with Gasteiger partial charge in [0.25, 0.3) is 11.8 Å². The van der Waals surface area contributed by atoms with Crippen LogP contribution in [0.1, 0.15) is 74.6 Å². The van der Waals surface area contributed by atoms with E-state index in [2.05, 4.69) is 44.2 Å². The molecule has 0 saturated heterocycles. The molecule has 0 radical (unpaired) electrons. The van der Waals surface area contributed by atoms with E-state index in [1.807, 2.05) is 81.7 Å². The van der Waals surface area contributed by atoms with Crippen molar-refractivity contribution in [1.29, 1.82) is 10.5 Å². The lowest BCUT2D eigenvalue weighted by atomic mass is 10.0. The second-order valence-corrected chi connectivity index (χ2v) is 13.6. The Morgan fingerprint density at radius 3 is 1.74 bits per heavy atom. The highest BCUT2D eigenvalue weighted by Gasteiger charge is 2.23. The Morgan fingerprint density at radius 2 is 1.25 bits per heavy atom. The number of carbonyl (C=O) groups excluding carboxylic acids is 4. The summed E-state index contributed by atoms with van der Waals surface area (Å²) in [5.74, 6) is -0.493. The van der Waals surface area contributed by atoms with Gasteiger partial charge in [0.05, 0.1) is 18.7 Å². The standard InChI is InChI=1S/C21H28N4O2.C19H24N4O3/c1-14(2)11-18(21(27)23-9-8-22)24-20(26)17-5-6-19-16(12-17)7-10-25(19)13-15(3)4;1-3-4-16(19(25)21-9-8-20)22-18(24)15-5-6-17-14(13-15)7-10-23(17)11-12-26-2/h5-7,10,12,14-15,18H,9,11,13H2,1-4H3,(H,23,27)(H,24,26);5-7,10,13,16H,3-4,9,11-12H2,1-2H3,(H,21,25)(H,22,24). The number of rotatable bonds is 17. The number of aromatic nitrogens is 2. The van der Waals surface area contributed by atoms with Crippen LogP contribution in [0, 0.1) is 34.5 Å². The number of fused-ring (bicyclic) bond motifs is 2. The van der Waals surface area contributed by atoms with E-state index < -0.39 is 12.1 Å². The fraction of sp³-hybridized carbons (Fsp3) is 0.450. The highest BCUT2D eigenvalue weighted by molar-refractivity contribution is 6.01. The molecule has 4 rings (SSSR count). The summed E-state index contributed by atoms with van der Waals surface area (Å²) in [6, 6.07) is 17.4. The van der Waals surface area contributed by atoms with Gasteiger partial charge in [0, 0.05) is 65.5 Å². The number of amides is 4. The molecule has 0 bridgehead atoms. The van der Waals surface area contributed by atoms with Crippen LogP contribution in [0.3, 0.4) is 0 Å². The molecule has 2 aromatic carbocycles. The van der Waals surface area contributed by atoms with Crippen LogP contribution in [0.2, 0.25) is 0 Å². The first-order chi connectivity index (χ1) is 25.4. The fourth-order valence-electron chi connectivity index (χ4n) is 5.86. The van der Waals surface area contributed by atoms with Crippen molar-refractivity contribution in [2.24, 2.45) is 11.8 Å². The minimum atomic E-state index is -0.660. The lowest BCUT2D eigenvalue weighted by Crippen LogP contribution is -2.47. The predicted octanol–water partition coefficient (Wildman–Crippen LogP) is 4.91. The molecule has 13 nitrogen and oxygen atoms in total. The molecule has 4 amide bonds. The smallest absolute Gasteiger partial charge is 0.251 e. The number of nitriles is 2. The van der Waals surface area contributed by atoms with E-state index in [1.165, 1.54) is 0 Å². The zero-order valence-corrected chi connectivity index (χ0v) is 31.6. The van der Waals surface area contributed by atoms with Gasteiger partial charge in [-0.25, -0.2) is 0 Å². The van der Waals surface area contributed by atoms with Gasteiger partial charge in [-0.1, -0.05) is 41.0 Å². The molecule has 13 heteroatoms. The Hall–Kier alpha value is -5.66. The minimum Gasteiger partial charge on any atom is -0.383 e. The first-order valence-corrected chi connectivity index (χ1v) is 18.0. The fourth-order valence-corrected chi connectivity index (χ4v) is 5.86. The van der Waals surface area contributed by atoms with E-state index in [-0.39, 0.29) is 42.6 Å². The van der Waals surface area contributed by atoms with E-state index in [1.54, 1.807) is 19.2 Å². The maximum atomic E-state index is 12.7. The normalized spacial score (nSPS) is 12.0. The SMILES string of the molecule is CC(C)CC(NC(=O)c1ccc2c(ccn2CC(C)C)c1)C(=O)NCC#N.CCCC(NC(=O)c1ccc2c(ccn2CCOC)c1)C(=O)NCC#N. The third-order valence-electron chi connectivity index (χ3n) is 8.38. The highest BCUT2D eigenvalue weighted by atomic mass is 16.5. The van der Waals surface area contributed by atoms with Crippen molar-refractivity contribution in [3.63, 3.8) is 0 Å². The van der Waals surface area contributed by atoms with E-state index in [4.69, 9.17) is 15.3 Å². The van der Waals surface area contributed by atoms with E-state index >= 15 is 0 Å². The number of carbonyl (C=O) groups is 4. The summed E-state index contributed by atoms with van der Waals surface area (Å²) in [6.45, 7) is 12.4. The molecule has 0 spiro atoms. The zero-order chi connectivity index (χ0) is 38.9. The molecule has 53 heavy (non-hydrogen) atoms. The topological polar surface area (TPSA) is 183 Å². The Balaban J connectivity index is 0.000000286. The molecule has 2 atom stereocenters. The number of hydrogen-bond donors (Lipinski definition) is 4. The van der Waals surface area contributed by atoms with Gasteiger partial charge < -0.3 is 35.1 Å². The van der Waals surface area contributed by atoms with Gasteiger partial charge >= 0.3 is 0 Å². The Morgan fingerprint density at radius 1 is 0.736 bits per heavy atom. The van der Waals surface area contributed by atoms with Crippen molar-refractivity contribution >= 4 is 45.4 Å². The first-order valence-electron chi connectivity index (χ1n) is 18.0. The second-order valence-electron chi connectivity index (χ2n) is 13.6. The number of nitrogens with one attached hydrogen (secondary N) is 4. The summed E-state index contributed by atoms with van der Waals surface area (Å²) in [4.78, 5) is 49.6. The zero-order valence-electron chi connectivity index (χ0n) is 31.6. The van der Waals surface area contributed by atoms with Crippen LogP contribution in [-0.4, -0.2) is 71.7 Å². The molecule has 0 fully saturated rings. The van der Waals surface area contributed by atoms with Gasteiger partial charge in [-0.05, 0) is 73.2 Å². The third kappa shape index (κ3) is 12.5. The average molecular weight is 725 g/mol. The summed E-state index contributed by atoms with van der Waals surface area (Å²) >= 11 is 0. The quantitative estimate of drug-likeness (QED) is 0.112. The van der Waals surface area contributed by atoms with Crippen LogP contribution in [0.4, 0.5) is 0 Å². The number of hydrogen-bond acceptors (Lipinski definition) is 7. The lowest BCUT2D eigenvalue weighted by molar-refractivity contribution is -0.123. The molecule has 2 heterocycles. The van der Waals surface area contributed by atoms with Crippen LogP contribution >= 0.6 is 0 Å². The van der Waals surface area contributed by atoms with Crippen LogP contribution in [-0.2, 0) is 27.4 Å². The molecular formula is C40H52N8O5. The van der Waals surface area contributed by atoms with Gasteiger partial charge in [0.2, 0.25) is 11.8 Å². The Kier molecular flexibility index (Phi) is 16.6. The number of benzene rings is 2. The average Bonchev–Trinajstić information content (AvgIpc) is 3.73. The summed E-state index contributed by atoms with van der Waals surface area (Å²) in [5.41, 5.74) is 3.13. The van der Waals surface area contributed by atoms with Crippen molar-refractivity contribution < 1.29 is 23.9 Å². The largest absolute Gasteiger partial charge is 0.383 e. The molecule has 282 valence electrons. The van der Waals surface area contributed by atoms with Gasteiger partial charge in [-0.2, -0.15) is 10.5 Å². The molecule has 0 aliphatic carbocycles. The van der Waals surface area contributed by atoms with Crippen LogP contribution < -0.4 is 21.3 Å². The number of methoxy groups -OCH3 is 1. The first kappa shape index (κ1) is 41.8. The van der Waals surface area contributed by atoms with Crippen molar-refractivity contribution in [2.75, 3.05) is 26.8 Å². The molecule has 0 aliphatic heterocycles. The van der Waals surface area contributed by atoms with Gasteiger partial charge in [-0.15, -0.1) is 0 Å². The monoisotopic (exact) mass is 724 g/mol. The van der Waals surface area contributed by atoms with Gasteiger partial charge in [0.1, 0.15) is 25.2 Å². The van der Waals surface area contributed by atoms with Crippen LogP contribution in [0.5, 0.6) is 0 Å². The molecule has 2 aromatic heterocycles. The molecule has 2 unspecified atom stereocenters. The summed E-state index contributed by atoms with van der Waals surface area (Å²) < 4.78 is 9.34. The summed E-state index contributed by atoms with van der Waals surface area (Å²) in [5, 5.41) is 29.8. The predicted molar refractivity (Wildman–Crippen MR) is 205 cm³/mol. The Bertz CT molecular complexity index is 1930. The number of nitrogens with zero attached hydrogens (tertiary/aromatic N) is 4. The lowest BCUT2D eigenvalue weighted by Gasteiger charge is -2.19. The number of ether oxygens (including phenoxy) is 1. The van der Waals surface area contributed by atoms with Crippen LogP contribution in [0.25, 0.3) is 21.8 Å². The highest BCUT2D eigenvalue weighted by Crippen LogP contribution is 2.20. The van der Waals surface area contributed by atoms with E-state index in [9.17, 15) is 19.2 Å². The maximum Gasteiger partial charge on any atom is 0.251 e. The van der Waals surface area contributed by atoms with Crippen molar-refractivity contribution in [2.45, 2.75) is 79.1 Å². The van der Waals surface area contributed by atoms with Gasteiger partial charge in [0.15, 0.2) is 0 Å². The molecule has 0 aliphatic rings. The summed E-state index contributed by atoms with van der Waals surface area (Å²) in [6.07, 6.45) is 5.75. The van der Waals surface area contributed by atoms with E-state index in [0.717, 1.165) is 41.3 Å². The van der Waals surface area contributed by atoms with Crippen LogP contribution in [0.15, 0.2) is 60.9 Å².